The van der Waals surface area contributed by atoms with Crippen molar-refractivity contribution in [1.29, 1.82) is 0 Å². The highest BCUT2D eigenvalue weighted by Gasteiger charge is 2.21. The van der Waals surface area contributed by atoms with Crippen LogP contribution >= 0.6 is 0 Å². The smallest absolute Gasteiger partial charge is 0.438 e. The molecule has 0 atom stereocenters. The van der Waals surface area contributed by atoms with Crippen LogP contribution in [0.3, 0.4) is 0 Å². The Kier molecular flexibility index (Phi) is 3.34. The lowest BCUT2D eigenvalue weighted by Gasteiger charge is -2.25. The lowest BCUT2D eigenvalue weighted by molar-refractivity contribution is 0.0211. The van der Waals surface area contributed by atoms with Gasteiger partial charge < -0.3 is 15.2 Å². The largest absolute Gasteiger partial charge is 0.508 e. The maximum absolute atomic E-state index is 10.7. The van der Waals surface area contributed by atoms with Gasteiger partial charge in [0.15, 0.2) is 0 Å². The quantitative estimate of drug-likeness (QED) is 0.602. The third-order valence-corrected chi connectivity index (χ3v) is 2.15. The van der Waals surface area contributed by atoms with Crippen molar-refractivity contribution >= 4 is 6.16 Å². The Hall–Kier alpha value is -0.770. The molecule has 0 amide bonds. The molecule has 0 unspecified atom stereocenters. The van der Waals surface area contributed by atoms with Crippen molar-refractivity contribution in [3.05, 3.63) is 0 Å². The summed E-state index contributed by atoms with van der Waals surface area (Å²) in [5, 5.41) is 0. The minimum Gasteiger partial charge on any atom is -0.438 e. The molecule has 0 aromatic rings. The molecule has 0 aliphatic heterocycles. The molecular weight excluding hydrogens is 158 g/mol. The Morgan fingerprint density at radius 1 is 1.33 bits per heavy atom. The van der Waals surface area contributed by atoms with E-state index in [1.807, 2.05) is 0 Å². The van der Waals surface area contributed by atoms with Gasteiger partial charge in [0.05, 0.1) is 7.11 Å². The van der Waals surface area contributed by atoms with E-state index in [1.165, 1.54) is 7.11 Å². The van der Waals surface area contributed by atoms with Gasteiger partial charge in [-0.1, -0.05) is 0 Å². The van der Waals surface area contributed by atoms with Gasteiger partial charge >= 0.3 is 6.16 Å². The molecule has 1 saturated carbocycles. The van der Waals surface area contributed by atoms with Gasteiger partial charge in [0.2, 0.25) is 0 Å². The lowest BCUT2D eigenvalue weighted by Crippen LogP contribution is -2.31. The molecule has 0 heterocycles. The molecule has 0 spiro atoms. The molecule has 1 rings (SSSR count). The van der Waals surface area contributed by atoms with Gasteiger partial charge in [-0.15, -0.1) is 0 Å². The van der Waals surface area contributed by atoms with Crippen molar-refractivity contribution in [2.75, 3.05) is 7.11 Å². The number of hydrogen-bond acceptors (Lipinski definition) is 4. The molecule has 1 aliphatic carbocycles. The van der Waals surface area contributed by atoms with E-state index in [4.69, 9.17) is 10.5 Å². The van der Waals surface area contributed by atoms with Crippen LogP contribution in [-0.4, -0.2) is 25.4 Å². The number of hydrogen-bond donors (Lipinski definition) is 1. The van der Waals surface area contributed by atoms with Crippen LogP contribution in [0.2, 0.25) is 0 Å². The van der Waals surface area contributed by atoms with E-state index in [-0.39, 0.29) is 12.1 Å². The summed E-state index contributed by atoms with van der Waals surface area (Å²) in [7, 11) is 1.32. The van der Waals surface area contributed by atoms with Crippen LogP contribution in [0, 0.1) is 0 Å². The molecule has 0 bridgehead atoms. The van der Waals surface area contributed by atoms with E-state index in [9.17, 15) is 4.79 Å². The number of methoxy groups -OCH3 is 1. The van der Waals surface area contributed by atoms with Crippen molar-refractivity contribution in [1.82, 2.24) is 0 Å². The zero-order valence-corrected chi connectivity index (χ0v) is 7.29. The van der Waals surface area contributed by atoms with Crippen LogP contribution in [0.4, 0.5) is 4.79 Å². The molecular formula is C8H15NO3. The fourth-order valence-corrected chi connectivity index (χ4v) is 1.39. The molecule has 2 N–H and O–H groups in total. The fraction of sp³-hybridized carbons (Fsp3) is 0.875. The van der Waals surface area contributed by atoms with Gasteiger partial charge in [-0.25, -0.2) is 4.79 Å². The molecule has 1 fully saturated rings. The second-order valence-corrected chi connectivity index (χ2v) is 3.11. The summed E-state index contributed by atoms with van der Waals surface area (Å²) >= 11 is 0. The Balaban J connectivity index is 2.21. The second-order valence-electron chi connectivity index (χ2n) is 3.11. The number of carbonyl (C=O) groups is 1. The summed E-state index contributed by atoms with van der Waals surface area (Å²) < 4.78 is 9.36. The van der Waals surface area contributed by atoms with Gasteiger partial charge in [0.25, 0.3) is 0 Å². The average Bonchev–Trinajstić information content (AvgIpc) is 2.09. The molecule has 12 heavy (non-hydrogen) atoms. The van der Waals surface area contributed by atoms with Crippen molar-refractivity contribution < 1.29 is 14.3 Å². The van der Waals surface area contributed by atoms with Crippen molar-refractivity contribution in [3.63, 3.8) is 0 Å². The summed E-state index contributed by atoms with van der Waals surface area (Å²) in [5.74, 6) is 0. The van der Waals surface area contributed by atoms with E-state index in [0.29, 0.717) is 0 Å². The maximum Gasteiger partial charge on any atom is 0.508 e. The topological polar surface area (TPSA) is 61.5 Å². The van der Waals surface area contributed by atoms with E-state index in [1.54, 1.807) is 0 Å². The van der Waals surface area contributed by atoms with E-state index >= 15 is 0 Å². The van der Waals surface area contributed by atoms with Crippen molar-refractivity contribution in [2.45, 2.75) is 37.8 Å². The van der Waals surface area contributed by atoms with Crippen molar-refractivity contribution in [2.24, 2.45) is 5.73 Å². The lowest BCUT2D eigenvalue weighted by atomic mass is 9.94. The first-order valence-corrected chi connectivity index (χ1v) is 4.22. The van der Waals surface area contributed by atoms with E-state index in [2.05, 4.69) is 4.74 Å². The molecule has 4 heteroatoms. The van der Waals surface area contributed by atoms with Gasteiger partial charge in [0, 0.05) is 6.04 Å². The minimum absolute atomic E-state index is 0.0113. The minimum atomic E-state index is -0.588. The molecule has 0 aromatic heterocycles. The number of rotatable bonds is 1. The van der Waals surface area contributed by atoms with Crippen LogP contribution in [-0.2, 0) is 9.47 Å². The Bertz CT molecular complexity index is 152. The highest BCUT2D eigenvalue weighted by Crippen LogP contribution is 2.19. The maximum atomic E-state index is 10.7. The summed E-state index contributed by atoms with van der Waals surface area (Å²) in [5.41, 5.74) is 5.69. The van der Waals surface area contributed by atoms with Gasteiger partial charge in [-0.3, -0.25) is 0 Å². The highest BCUT2D eigenvalue weighted by molar-refractivity contribution is 5.59. The van der Waals surface area contributed by atoms with E-state index in [0.717, 1.165) is 25.7 Å². The van der Waals surface area contributed by atoms with Crippen molar-refractivity contribution in [3.8, 4) is 0 Å². The van der Waals surface area contributed by atoms with Crippen LogP contribution in [0.5, 0.6) is 0 Å². The third kappa shape index (κ3) is 2.70. The predicted molar refractivity (Wildman–Crippen MR) is 43.7 cm³/mol. The molecule has 4 nitrogen and oxygen atoms in total. The molecule has 70 valence electrons. The highest BCUT2D eigenvalue weighted by atomic mass is 16.7. The molecule has 0 radical (unpaired) electrons. The Labute approximate surface area is 72.0 Å². The Morgan fingerprint density at radius 3 is 2.42 bits per heavy atom. The zero-order valence-electron chi connectivity index (χ0n) is 7.29. The van der Waals surface area contributed by atoms with Gasteiger partial charge in [-0.05, 0) is 25.7 Å². The second kappa shape index (κ2) is 4.30. The molecule has 0 saturated heterocycles. The normalized spacial score (nSPS) is 29.5. The number of ether oxygens (including phenoxy) is 2. The molecule has 1 aliphatic rings. The SMILES string of the molecule is COC(=O)O[C@H]1CC[C@@H](N)CC1. The average molecular weight is 173 g/mol. The first-order chi connectivity index (χ1) is 5.72. The zero-order chi connectivity index (χ0) is 8.97. The first kappa shape index (κ1) is 9.32. The third-order valence-electron chi connectivity index (χ3n) is 2.15. The fourth-order valence-electron chi connectivity index (χ4n) is 1.39. The number of nitrogens with two attached hydrogens (primary N) is 1. The molecule has 0 aromatic carbocycles. The summed E-state index contributed by atoms with van der Waals surface area (Å²) in [6.07, 6.45) is 3.00. The summed E-state index contributed by atoms with van der Waals surface area (Å²) in [4.78, 5) is 10.7. The monoisotopic (exact) mass is 173 g/mol. The van der Waals surface area contributed by atoms with E-state index < -0.39 is 6.16 Å². The van der Waals surface area contributed by atoms with Crippen LogP contribution in [0.25, 0.3) is 0 Å². The first-order valence-electron chi connectivity index (χ1n) is 4.22. The number of carbonyl (C=O) groups excluding carboxylic acids is 1. The predicted octanol–water partition coefficient (Wildman–Crippen LogP) is 1.04. The standard InChI is InChI=1S/C8H15NO3/c1-11-8(10)12-7-4-2-6(9)3-5-7/h6-7H,2-5,9H2,1H3/t6-,7+. The van der Waals surface area contributed by atoms with Crippen LogP contribution in [0.15, 0.2) is 0 Å². The summed E-state index contributed by atoms with van der Waals surface area (Å²) in [6.45, 7) is 0. The van der Waals surface area contributed by atoms with Gasteiger partial charge in [-0.2, -0.15) is 0 Å². The summed E-state index contributed by atoms with van der Waals surface area (Å²) in [6, 6.07) is 0.280. The van der Waals surface area contributed by atoms with Crippen LogP contribution in [0.1, 0.15) is 25.7 Å². The Morgan fingerprint density at radius 2 is 1.92 bits per heavy atom. The van der Waals surface area contributed by atoms with Crippen LogP contribution < -0.4 is 5.73 Å². The van der Waals surface area contributed by atoms with Gasteiger partial charge in [0.1, 0.15) is 6.10 Å².